The van der Waals surface area contributed by atoms with E-state index >= 15 is 0 Å². The maximum Gasteiger partial charge on any atom is 0.268 e. The topological polar surface area (TPSA) is 249 Å². The Labute approximate surface area is 372 Å². The molecule has 0 saturated carbocycles. The molecule has 7 heterocycles. The van der Waals surface area contributed by atoms with Crippen molar-refractivity contribution < 1.29 is 37.9 Å². The van der Waals surface area contributed by atoms with Crippen LogP contribution in [0.2, 0.25) is 5.15 Å². The number of carbonyl (C=O) groups is 2. The molecule has 62 heavy (non-hydrogen) atoms. The predicted molar refractivity (Wildman–Crippen MR) is 244 cm³/mol. The largest absolute Gasteiger partial charge is 0.383 e. The fourth-order valence-electron chi connectivity index (χ4n) is 7.98. The molecule has 17 nitrogen and oxygen atoms in total. The average molecular weight is 919 g/mol. The summed E-state index contributed by atoms with van der Waals surface area (Å²) in [6, 6.07) is 15.7. The zero-order valence-electron chi connectivity index (χ0n) is 34.8. The molecule has 5 aromatic heterocycles. The molecule has 6 N–H and O–H groups in total. The van der Waals surface area contributed by atoms with E-state index < -0.39 is 37.8 Å². The summed E-state index contributed by atoms with van der Waals surface area (Å²) >= 11 is 6.07. The van der Waals surface area contributed by atoms with Crippen LogP contribution in [0.1, 0.15) is 82.2 Å². The molecule has 2 atom stereocenters. The van der Waals surface area contributed by atoms with Gasteiger partial charge >= 0.3 is 0 Å². The quantitative estimate of drug-likeness (QED) is 0.112. The Balaban J connectivity index is 0.000000633. The number of nitrogens with zero attached hydrogens (tertiary/aromatic N) is 7. The number of nitrogen functional groups attached to an aromatic ring is 2. The van der Waals surface area contributed by atoms with Gasteiger partial charge in [-0.1, -0.05) is 31.5 Å². The monoisotopic (exact) mass is 917 g/mol. The second-order valence-electron chi connectivity index (χ2n) is 16.5. The van der Waals surface area contributed by atoms with Gasteiger partial charge in [0, 0.05) is 43.7 Å². The van der Waals surface area contributed by atoms with E-state index in [1.807, 2.05) is 37.5 Å². The number of carbonyl (C=O) groups excluding carboxylic acids is 2. The Hall–Kier alpha value is -5.99. The first kappa shape index (κ1) is 45.5. The number of anilines is 4. The van der Waals surface area contributed by atoms with Crippen LogP contribution in [0.5, 0.6) is 0 Å². The van der Waals surface area contributed by atoms with E-state index in [0.717, 1.165) is 12.8 Å². The van der Waals surface area contributed by atoms with Crippen LogP contribution in [-0.2, 0) is 20.0 Å². The summed E-state index contributed by atoms with van der Waals surface area (Å²) in [6.45, 7) is 13.7. The highest BCUT2D eigenvalue weighted by atomic mass is 35.5. The summed E-state index contributed by atoms with van der Waals surface area (Å²) in [7, 11) is -8.48. The molecule has 2 saturated heterocycles. The number of pyridine rings is 5. The number of nitrogens with two attached hydrogens (primary N) is 2. The summed E-state index contributed by atoms with van der Waals surface area (Å²) in [5.41, 5.74) is 11.6. The summed E-state index contributed by atoms with van der Waals surface area (Å²) in [4.78, 5) is 49.9. The summed E-state index contributed by atoms with van der Waals surface area (Å²) < 4.78 is 68.7. The number of sulfonamides is 2. The Morgan fingerprint density at radius 3 is 1.58 bits per heavy atom. The van der Waals surface area contributed by atoms with Crippen molar-refractivity contribution in [3.8, 4) is 11.4 Å². The van der Waals surface area contributed by atoms with Gasteiger partial charge in [0.05, 0.1) is 22.5 Å². The van der Waals surface area contributed by atoms with Crippen LogP contribution >= 0.6 is 11.6 Å². The minimum Gasteiger partial charge on any atom is -0.383 e. The zero-order chi connectivity index (χ0) is 45.4. The van der Waals surface area contributed by atoms with Crippen molar-refractivity contribution in [2.45, 2.75) is 75.3 Å². The van der Waals surface area contributed by atoms with Gasteiger partial charge in [-0.05, 0) is 113 Å². The number of nitrogens with one attached hydrogen (secondary N) is 2. The fraction of sp³-hybridized carbons (Fsp3) is 0.341. The van der Waals surface area contributed by atoms with Gasteiger partial charge in [0.15, 0.2) is 0 Å². The molecule has 2 fully saturated rings. The second kappa shape index (κ2) is 17.4. The van der Waals surface area contributed by atoms with Crippen molar-refractivity contribution in [2.24, 2.45) is 11.8 Å². The standard InChI is InChI=1S/C23H25FN6O3S.C18H22ClN5O3S.5H2/c1-14-12-23(2,3)30(13-14)21-15(9-10-17(28-21)16-6-4-8-19(24)27-16)22(31)29-34(32,33)18-7-5-11-26-20(18)25;1-11-9-18(2,3)24(10-11)16-12(6-7-14(19)22-16)17(25)23-28(26,27)13-5-4-8-21-15(13)20;;;;;/h4-11,14H,12-13H2,1-3H3,(H2,25,26)(H,29,31);4-8,11H,9-10H2,1-3H3,(H2,20,21)(H,23,25);5*1H/t14-;11-;;;;;/m00...../s1. The number of amides is 2. The summed E-state index contributed by atoms with van der Waals surface area (Å²) in [5.74, 6) is -1.36. The fourth-order valence-corrected chi connectivity index (χ4v) is 10.2. The lowest BCUT2D eigenvalue weighted by molar-refractivity contribution is 0.0972. The summed E-state index contributed by atoms with van der Waals surface area (Å²) in [5, 5.41) is 0.223. The first-order valence-corrected chi connectivity index (χ1v) is 22.7. The number of hydrogen-bond acceptors (Lipinski definition) is 15. The van der Waals surface area contributed by atoms with Gasteiger partial charge in [0.25, 0.3) is 31.9 Å². The molecule has 0 unspecified atom stereocenters. The molecular formula is C41H57ClFN11O6S2. The smallest absolute Gasteiger partial charge is 0.268 e. The van der Waals surface area contributed by atoms with Gasteiger partial charge in [-0.15, -0.1) is 0 Å². The minimum atomic E-state index is -4.28. The van der Waals surface area contributed by atoms with Gasteiger partial charge in [-0.25, -0.2) is 51.2 Å². The van der Waals surface area contributed by atoms with Crippen molar-refractivity contribution in [1.82, 2.24) is 34.4 Å². The van der Waals surface area contributed by atoms with Crippen LogP contribution in [0.3, 0.4) is 0 Å². The van der Waals surface area contributed by atoms with Crippen molar-refractivity contribution in [3.63, 3.8) is 0 Å². The lowest BCUT2D eigenvalue weighted by Crippen LogP contribution is -2.41. The molecule has 0 aromatic carbocycles. The Morgan fingerprint density at radius 2 is 1.15 bits per heavy atom. The highest BCUT2D eigenvalue weighted by Gasteiger charge is 2.41. The zero-order valence-corrected chi connectivity index (χ0v) is 37.2. The van der Waals surface area contributed by atoms with Crippen LogP contribution < -0.4 is 30.7 Å². The van der Waals surface area contributed by atoms with E-state index in [1.54, 1.807) is 6.07 Å². The van der Waals surface area contributed by atoms with E-state index in [2.05, 4.69) is 48.2 Å². The lowest BCUT2D eigenvalue weighted by Gasteiger charge is -2.34. The highest BCUT2D eigenvalue weighted by Crippen LogP contribution is 2.39. The van der Waals surface area contributed by atoms with Gasteiger partial charge in [0.2, 0.25) is 5.95 Å². The first-order chi connectivity index (χ1) is 29.0. The van der Waals surface area contributed by atoms with Gasteiger partial charge in [-0.2, -0.15) is 4.39 Å². The molecule has 2 amide bonds. The number of aromatic nitrogens is 5. The van der Waals surface area contributed by atoms with Crippen LogP contribution in [-0.4, -0.2) is 77.7 Å². The van der Waals surface area contributed by atoms with Crippen LogP contribution in [0.4, 0.5) is 27.7 Å². The lowest BCUT2D eigenvalue weighted by atomic mass is 9.97. The minimum absolute atomic E-state index is 0. The van der Waals surface area contributed by atoms with Crippen LogP contribution in [0, 0.1) is 17.8 Å². The molecule has 338 valence electrons. The van der Waals surface area contributed by atoms with Gasteiger partial charge < -0.3 is 21.3 Å². The van der Waals surface area contributed by atoms with E-state index in [1.165, 1.54) is 73.1 Å². The molecule has 21 heteroatoms. The van der Waals surface area contributed by atoms with Crippen molar-refractivity contribution in [3.05, 3.63) is 101 Å². The van der Waals surface area contributed by atoms with Gasteiger partial charge in [-0.3, -0.25) is 9.59 Å². The van der Waals surface area contributed by atoms with Crippen molar-refractivity contribution >= 4 is 66.7 Å². The van der Waals surface area contributed by atoms with Crippen molar-refractivity contribution in [2.75, 3.05) is 34.4 Å². The second-order valence-corrected chi connectivity index (χ2v) is 20.2. The third kappa shape index (κ3) is 9.87. The predicted octanol–water partition coefficient (Wildman–Crippen LogP) is 6.69. The molecule has 2 aliphatic heterocycles. The average Bonchev–Trinajstić information content (AvgIpc) is 3.63. The molecule has 5 aromatic rings. The molecule has 0 bridgehead atoms. The molecule has 2 aliphatic rings. The van der Waals surface area contributed by atoms with E-state index in [9.17, 15) is 30.8 Å². The maximum absolute atomic E-state index is 13.7. The number of halogens is 2. The van der Waals surface area contributed by atoms with Crippen LogP contribution in [0.15, 0.2) is 88.9 Å². The third-order valence-electron chi connectivity index (χ3n) is 10.5. The number of hydrogen-bond donors (Lipinski definition) is 4. The SMILES string of the molecule is C[C@@H]1CN(c2nc(-c3cccc(F)n3)ccc2C(=O)NS(=O)(=O)c2cccnc2N)C(C)(C)C1.C[C@@H]1CN(c2nc(Cl)ccc2C(=O)NS(=O)(=O)c2cccnc2N)C(C)(C)C1.[HH].[HH].[HH].[HH].[HH]. The highest BCUT2D eigenvalue weighted by molar-refractivity contribution is 7.90. The molecule has 7 rings (SSSR count). The molecule has 0 radical (unpaired) electrons. The van der Waals surface area contributed by atoms with E-state index in [0.29, 0.717) is 47.9 Å². The normalized spacial score (nSPS) is 18.1. The molecular weight excluding hydrogens is 861 g/mol. The third-order valence-corrected chi connectivity index (χ3v) is 13.4. The molecule has 0 aliphatic carbocycles. The molecule has 0 spiro atoms. The van der Waals surface area contributed by atoms with E-state index in [-0.39, 0.29) is 55.9 Å². The Morgan fingerprint density at radius 1 is 0.694 bits per heavy atom. The van der Waals surface area contributed by atoms with E-state index in [4.69, 9.17) is 23.1 Å². The maximum atomic E-state index is 13.7. The summed E-state index contributed by atoms with van der Waals surface area (Å²) in [6.07, 6.45) is 4.48. The van der Waals surface area contributed by atoms with Crippen molar-refractivity contribution in [1.29, 1.82) is 0 Å². The Bertz CT molecular complexity index is 2790. The Kier molecular flexibility index (Phi) is 12.8. The van der Waals surface area contributed by atoms with Crippen LogP contribution in [0.25, 0.3) is 11.4 Å². The number of rotatable bonds is 9. The van der Waals surface area contributed by atoms with Gasteiger partial charge in [0.1, 0.15) is 38.2 Å². The first-order valence-electron chi connectivity index (χ1n) is 19.4.